The molecule has 0 aliphatic rings. The number of aldehydes is 1. The number of carbonyl (C=O) groups excluding carboxylic acids is 1. The Morgan fingerprint density at radius 1 is 1.38 bits per heavy atom. The van der Waals surface area contributed by atoms with Crippen LogP contribution in [0.25, 0.3) is 10.2 Å². The number of rotatable bonds is 2. The van der Waals surface area contributed by atoms with Gasteiger partial charge in [-0.05, 0) is 17.7 Å². The van der Waals surface area contributed by atoms with Crippen molar-refractivity contribution in [3.63, 3.8) is 0 Å². The molecule has 16 heavy (non-hydrogen) atoms. The van der Waals surface area contributed by atoms with E-state index in [1.54, 1.807) is 12.1 Å². The van der Waals surface area contributed by atoms with E-state index in [9.17, 15) is 18.0 Å². The van der Waals surface area contributed by atoms with Crippen LogP contribution < -0.4 is 0 Å². The normalized spacial score (nSPS) is 11.9. The fraction of sp³-hybridized carbons (Fsp3) is 0.200. The van der Waals surface area contributed by atoms with Gasteiger partial charge in [0.1, 0.15) is 6.29 Å². The van der Waals surface area contributed by atoms with Gasteiger partial charge in [-0.3, -0.25) is 0 Å². The number of halogens is 3. The Hall–Kier alpha value is -1.43. The monoisotopic (exact) mass is 245 g/mol. The lowest BCUT2D eigenvalue weighted by Crippen LogP contribution is -2.03. The van der Waals surface area contributed by atoms with E-state index in [0.717, 1.165) is 0 Å². The van der Waals surface area contributed by atoms with Crippen molar-refractivity contribution in [3.8, 4) is 0 Å². The molecule has 1 aromatic heterocycles. The molecule has 0 spiro atoms. The first kappa shape index (κ1) is 11.1. The lowest BCUT2D eigenvalue weighted by molar-refractivity contribution is -0.137. The number of hydrogen-bond donors (Lipinski definition) is 0. The van der Waals surface area contributed by atoms with Crippen molar-refractivity contribution in [3.05, 3.63) is 28.8 Å². The molecule has 0 bridgehead atoms. The van der Waals surface area contributed by atoms with Gasteiger partial charge < -0.3 is 4.79 Å². The molecule has 0 radical (unpaired) electrons. The fourth-order valence-electron chi connectivity index (χ4n) is 1.32. The fourth-order valence-corrected chi connectivity index (χ4v) is 2.13. The maximum Gasteiger partial charge on any atom is 0.443 e. The van der Waals surface area contributed by atoms with E-state index in [1.807, 2.05) is 0 Å². The van der Waals surface area contributed by atoms with Crippen LogP contribution in [0.5, 0.6) is 0 Å². The minimum Gasteiger partial charge on any atom is -0.303 e. The average molecular weight is 245 g/mol. The topological polar surface area (TPSA) is 30.0 Å². The van der Waals surface area contributed by atoms with Crippen LogP contribution in [0.1, 0.15) is 10.6 Å². The maximum atomic E-state index is 12.4. The lowest BCUT2D eigenvalue weighted by atomic mass is 10.1. The Kier molecular flexibility index (Phi) is 2.67. The highest BCUT2D eigenvalue weighted by Gasteiger charge is 2.34. The molecule has 0 atom stereocenters. The van der Waals surface area contributed by atoms with E-state index in [2.05, 4.69) is 4.98 Å². The number of thiazole rings is 1. The molecule has 0 amide bonds. The van der Waals surface area contributed by atoms with Crippen molar-refractivity contribution in [2.75, 3.05) is 0 Å². The van der Waals surface area contributed by atoms with Crippen molar-refractivity contribution < 1.29 is 18.0 Å². The number of hydrogen-bond acceptors (Lipinski definition) is 3. The van der Waals surface area contributed by atoms with Crippen LogP contribution in [-0.4, -0.2) is 11.3 Å². The summed E-state index contributed by atoms with van der Waals surface area (Å²) in [5, 5.41) is -0.856. The van der Waals surface area contributed by atoms with Gasteiger partial charge in [0.25, 0.3) is 0 Å². The van der Waals surface area contributed by atoms with Crippen LogP contribution >= 0.6 is 11.3 Å². The SMILES string of the molecule is O=CCc1ccc2sc(C(F)(F)F)nc2c1. The van der Waals surface area contributed by atoms with Gasteiger partial charge in [-0.1, -0.05) is 6.07 Å². The maximum absolute atomic E-state index is 12.4. The number of benzene rings is 1. The second kappa shape index (κ2) is 3.86. The second-order valence-corrected chi connectivity index (χ2v) is 4.22. The molecule has 1 aromatic carbocycles. The zero-order valence-corrected chi connectivity index (χ0v) is 8.73. The van der Waals surface area contributed by atoms with Gasteiger partial charge in [-0.25, -0.2) is 4.98 Å². The number of aromatic nitrogens is 1. The van der Waals surface area contributed by atoms with Gasteiger partial charge in [-0.15, -0.1) is 11.3 Å². The van der Waals surface area contributed by atoms with Crippen LogP contribution in [0.4, 0.5) is 13.2 Å². The molecule has 84 valence electrons. The molecule has 2 nitrogen and oxygen atoms in total. The minimum atomic E-state index is -4.41. The Bertz CT molecular complexity index is 532. The smallest absolute Gasteiger partial charge is 0.303 e. The van der Waals surface area contributed by atoms with Crippen molar-refractivity contribution >= 4 is 27.8 Å². The summed E-state index contributed by atoms with van der Waals surface area (Å²) in [4.78, 5) is 13.8. The summed E-state index contributed by atoms with van der Waals surface area (Å²) >= 11 is 0.607. The molecular formula is C10H6F3NOS. The van der Waals surface area contributed by atoms with Gasteiger partial charge in [0.15, 0.2) is 5.01 Å². The Labute approximate surface area is 92.7 Å². The third kappa shape index (κ3) is 2.06. The second-order valence-electron chi connectivity index (χ2n) is 3.19. The predicted octanol–water partition coefficient (Wildman–Crippen LogP) is 3.06. The Balaban J connectivity index is 2.50. The summed E-state index contributed by atoms with van der Waals surface area (Å²) in [5.41, 5.74) is 0.957. The molecule has 2 aromatic rings. The van der Waals surface area contributed by atoms with Gasteiger partial charge in [0.2, 0.25) is 0 Å². The van der Waals surface area contributed by atoms with Crippen molar-refractivity contribution in [1.82, 2.24) is 4.98 Å². The van der Waals surface area contributed by atoms with Crippen LogP contribution in [0.2, 0.25) is 0 Å². The highest BCUT2D eigenvalue weighted by molar-refractivity contribution is 7.18. The summed E-state index contributed by atoms with van der Waals surface area (Å²) in [7, 11) is 0. The van der Waals surface area contributed by atoms with Gasteiger partial charge in [0.05, 0.1) is 10.2 Å². The van der Waals surface area contributed by atoms with Gasteiger partial charge >= 0.3 is 6.18 Å². The Morgan fingerprint density at radius 3 is 2.75 bits per heavy atom. The van der Waals surface area contributed by atoms with Crippen molar-refractivity contribution in [2.24, 2.45) is 0 Å². The molecule has 0 unspecified atom stereocenters. The van der Waals surface area contributed by atoms with E-state index in [-0.39, 0.29) is 11.9 Å². The zero-order valence-electron chi connectivity index (χ0n) is 7.91. The first-order valence-corrected chi connectivity index (χ1v) is 5.22. The number of fused-ring (bicyclic) bond motifs is 1. The van der Waals surface area contributed by atoms with E-state index in [1.165, 1.54) is 6.07 Å². The first-order valence-electron chi connectivity index (χ1n) is 4.41. The van der Waals surface area contributed by atoms with Crippen molar-refractivity contribution in [2.45, 2.75) is 12.6 Å². The summed E-state index contributed by atoms with van der Waals surface area (Å²) in [6.07, 6.45) is -3.51. The van der Waals surface area contributed by atoms with Crippen molar-refractivity contribution in [1.29, 1.82) is 0 Å². The summed E-state index contributed by atoms with van der Waals surface area (Å²) in [6.45, 7) is 0. The first-order chi connectivity index (χ1) is 7.50. The highest BCUT2D eigenvalue weighted by atomic mass is 32.1. The molecule has 1 heterocycles. The largest absolute Gasteiger partial charge is 0.443 e. The third-order valence-electron chi connectivity index (χ3n) is 2.01. The van der Waals surface area contributed by atoms with E-state index in [0.29, 0.717) is 27.9 Å². The summed E-state index contributed by atoms with van der Waals surface area (Å²) < 4.78 is 37.6. The minimum absolute atomic E-state index is 0.189. The highest BCUT2D eigenvalue weighted by Crippen LogP contribution is 2.35. The molecule has 0 N–H and O–H groups in total. The van der Waals surface area contributed by atoms with Crippen LogP contribution in [0.3, 0.4) is 0 Å². The number of carbonyl (C=O) groups is 1. The third-order valence-corrected chi connectivity index (χ3v) is 3.09. The van der Waals surface area contributed by atoms with Gasteiger partial charge in [0, 0.05) is 6.42 Å². The molecule has 0 fully saturated rings. The van der Waals surface area contributed by atoms with Crippen LogP contribution in [0, 0.1) is 0 Å². The predicted molar refractivity (Wildman–Crippen MR) is 54.4 cm³/mol. The Morgan fingerprint density at radius 2 is 2.12 bits per heavy atom. The van der Waals surface area contributed by atoms with Crippen LogP contribution in [0.15, 0.2) is 18.2 Å². The van der Waals surface area contributed by atoms with Gasteiger partial charge in [-0.2, -0.15) is 13.2 Å². The molecule has 2 rings (SSSR count). The van der Waals surface area contributed by atoms with E-state index < -0.39 is 11.2 Å². The molecular weight excluding hydrogens is 239 g/mol. The van der Waals surface area contributed by atoms with Crippen LogP contribution in [-0.2, 0) is 17.4 Å². The molecule has 0 saturated carbocycles. The standard InChI is InChI=1S/C10H6F3NOS/c11-10(12,13)9-14-7-5-6(3-4-15)1-2-8(7)16-9/h1-2,4-5H,3H2. The van der Waals surface area contributed by atoms with E-state index in [4.69, 9.17) is 0 Å². The molecule has 6 heteroatoms. The average Bonchev–Trinajstić information content (AvgIpc) is 2.60. The number of nitrogens with zero attached hydrogens (tertiary/aromatic N) is 1. The summed E-state index contributed by atoms with van der Waals surface area (Å²) in [6, 6.07) is 4.70. The molecule has 0 saturated heterocycles. The quantitative estimate of drug-likeness (QED) is 0.761. The zero-order chi connectivity index (χ0) is 11.8. The molecule has 0 aliphatic carbocycles. The summed E-state index contributed by atoms with van der Waals surface area (Å²) in [5.74, 6) is 0. The van der Waals surface area contributed by atoms with E-state index >= 15 is 0 Å². The molecule has 0 aliphatic heterocycles. The number of alkyl halides is 3. The lowest BCUT2D eigenvalue weighted by Gasteiger charge is -1.98.